The van der Waals surface area contributed by atoms with Gasteiger partial charge in [-0.1, -0.05) is 6.07 Å². The molecule has 2 N–H and O–H groups in total. The zero-order valence-corrected chi connectivity index (χ0v) is 12.8. The molecule has 2 aromatic heterocycles. The predicted molar refractivity (Wildman–Crippen MR) is 88.6 cm³/mol. The average Bonchev–Trinajstić information content (AvgIpc) is 2.85. The largest absolute Gasteiger partial charge is 0.326 e. The first-order valence-electron chi connectivity index (χ1n) is 7.15. The topological polar surface area (TPSA) is 75.5 Å². The van der Waals surface area contributed by atoms with Gasteiger partial charge >= 0.3 is 0 Å². The van der Waals surface area contributed by atoms with Gasteiger partial charge in [-0.05, 0) is 37.3 Å². The number of hydrogen-bond donors (Lipinski definition) is 2. The summed E-state index contributed by atoms with van der Waals surface area (Å²) in [6, 6.07) is 10.5. The Morgan fingerprint density at radius 3 is 2.57 bits per heavy atom. The molecule has 6 heteroatoms. The Bertz CT molecular complexity index is 898. The van der Waals surface area contributed by atoms with E-state index in [0.717, 1.165) is 11.3 Å². The van der Waals surface area contributed by atoms with Gasteiger partial charge in [0, 0.05) is 36.3 Å². The number of amides is 2. The molecular weight excluding hydrogens is 292 g/mol. The first-order chi connectivity index (χ1) is 11.0. The lowest BCUT2D eigenvalue weighted by atomic mass is 10.2. The molecule has 116 valence electrons. The summed E-state index contributed by atoms with van der Waals surface area (Å²) >= 11 is 0. The maximum Gasteiger partial charge on any atom is 0.255 e. The summed E-state index contributed by atoms with van der Waals surface area (Å²) in [4.78, 5) is 27.8. The van der Waals surface area contributed by atoms with Crippen LogP contribution in [-0.2, 0) is 4.79 Å². The van der Waals surface area contributed by atoms with Crippen LogP contribution in [0.15, 0.2) is 48.8 Å². The SMILES string of the molecule is CC(=O)Nc1cccc(NC(=O)c2ccn3cc(C)nc3c2)c1. The number of anilines is 2. The van der Waals surface area contributed by atoms with Crippen LogP contribution in [0.3, 0.4) is 0 Å². The molecule has 0 spiro atoms. The molecule has 0 saturated heterocycles. The molecule has 0 radical (unpaired) electrons. The third kappa shape index (κ3) is 3.37. The number of hydrogen-bond acceptors (Lipinski definition) is 3. The van der Waals surface area contributed by atoms with Crippen molar-refractivity contribution in [3.8, 4) is 0 Å². The van der Waals surface area contributed by atoms with Crippen molar-refractivity contribution in [3.05, 3.63) is 60.0 Å². The smallest absolute Gasteiger partial charge is 0.255 e. The van der Waals surface area contributed by atoms with Crippen molar-refractivity contribution in [2.24, 2.45) is 0 Å². The minimum atomic E-state index is -0.229. The van der Waals surface area contributed by atoms with Crippen molar-refractivity contribution in [2.75, 3.05) is 10.6 Å². The van der Waals surface area contributed by atoms with Gasteiger partial charge in [0.1, 0.15) is 5.65 Å². The second-order valence-corrected chi connectivity index (χ2v) is 5.28. The van der Waals surface area contributed by atoms with E-state index in [2.05, 4.69) is 15.6 Å². The third-order valence-corrected chi connectivity index (χ3v) is 3.28. The average molecular weight is 308 g/mol. The van der Waals surface area contributed by atoms with E-state index in [0.29, 0.717) is 16.9 Å². The van der Waals surface area contributed by atoms with E-state index < -0.39 is 0 Å². The number of carbonyl (C=O) groups excluding carboxylic acids is 2. The van der Waals surface area contributed by atoms with Crippen LogP contribution in [0, 0.1) is 6.92 Å². The molecule has 1 aromatic carbocycles. The molecule has 0 unspecified atom stereocenters. The van der Waals surface area contributed by atoms with Crippen molar-refractivity contribution in [1.29, 1.82) is 0 Å². The van der Waals surface area contributed by atoms with Gasteiger partial charge in [0.15, 0.2) is 0 Å². The molecule has 23 heavy (non-hydrogen) atoms. The molecular formula is C17H16N4O2. The number of pyridine rings is 1. The van der Waals surface area contributed by atoms with Crippen molar-refractivity contribution in [2.45, 2.75) is 13.8 Å². The summed E-state index contributed by atoms with van der Waals surface area (Å²) in [6.45, 7) is 3.34. The molecule has 0 aliphatic heterocycles. The number of fused-ring (bicyclic) bond motifs is 1. The van der Waals surface area contributed by atoms with Crippen LogP contribution in [0.2, 0.25) is 0 Å². The van der Waals surface area contributed by atoms with Crippen LogP contribution in [0.1, 0.15) is 23.0 Å². The van der Waals surface area contributed by atoms with Crippen molar-refractivity contribution >= 4 is 28.8 Å². The summed E-state index contributed by atoms with van der Waals surface area (Å²) in [6.07, 6.45) is 3.70. The summed E-state index contributed by atoms with van der Waals surface area (Å²) in [5.41, 5.74) is 3.39. The quantitative estimate of drug-likeness (QED) is 0.781. The molecule has 0 bridgehead atoms. The minimum Gasteiger partial charge on any atom is -0.326 e. The number of carbonyl (C=O) groups is 2. The summed E-state index contributed by atoms with van der Waals surface area (Å²) in [7, 11) is 0. The first kappa shape index (κ1) is 14.8. The summed E-state index contributed by atoms with van der Waals surface area (Å²) in [5.74, 6) is -0.387. The lowest BCUT2D eigenvalue weighted by Gasteiger charge is -2.08. The van der Waals surface area contributed by atoms with E-state index in [1.165, 1.54) is 6.92 Å². The molecule has 0 saturated carbocycles. The Morgan fingerprint density at radius 2 is 1.83 bits per heavy atom. The van der Waals surface area contributed by atoms with Crippen LogP contribution < -0.4 is 10.6 Å². The fourth-order valence-corrected chi connectivity index (χ4v) is 2.33. The second-order valence-electron chi connectivity index (χ2n) is 5.28. The third-order valence-electron chi connectivity index (χ3n) is 3.28. The first-order valence-corrected chi connectivity index (χ1v) is 7.15. The molecule has 2 amide bonds. The number of imidazole rings is 1. The normalized spacial score (nSPS) is 10.5. The molecule has 3 aromatic rings. The number of benzene rings is 1. The van der Waals surface area contributed by atoms with Crippen LogP contribution in [0.5, 0.6) is 0 Å². The number of aromatic nitrogens is 2. The Kier molecular flexibility index (Phi) is 3.80. The Labute approximate surface area is 133 Å². The zero-order chi connectivity index (χ0) is 16.4. The number of nitrogens with zero attached hydrogens (tertiary/aromatic N) is 2. The highest BCUT2D eigenvalue weighted by molar-refractivity contribution is 6.05. The summed E-state index contributed by atoms with van der Waals surface area (Å²) in [5, 5.41) is 5.50. The molecule has 0 aliphatic rings. The lowest BCUT2D eigenvalue weighted by molar-refractivity contribution is -0.114. The number of rotatable bonds is 3. The van der Waals surface area contributed by atoms with Crippen LogP contribution >= 0.6 is 0 Å². The predicted octanol–water partition coefficient (Wildman–Crippen LogP) is 2.85. The molecule has 6 nitrogen and oxygen atoms in total. The highest BCUT2D eigenvalue weighted by Crippen LogP contribution is 2.16. The van der Waals surface area contributed by atoms with Gasteiger partial charge in [-0.2, -0.15) is 0 Å². The van der Waals surface area contributed by atoms with Gasteiger partial charge < -0.3 is 15.0 Å². The molecule has 0 fully saturated rings. The maximum atomic E-state index is 12.4. The minimum absolute atomic E-state index is 0.159. The van der Waals surface area contributed by atoms with Crippen molar-refractivity contribution in [3.63, 3.8) is 0 Å². The van der Waals surface area contributed by atoms with Crippen molar-refractivity contribution in [1.82, 2.24) is 9.38 Å². The van der Waals surface area contributed by atoms with Crippen molar-refractivity contribution < 1.29 is 9.59 Å². The fraction of sp³-hybridized carbons (Fsp3) is 0.118. The van der Waals surface area contributed by atoms with E-state index in [1.54, 1.807) is 42.6 Å². The summed E-state index contributed by atoms with van der Waals surface area (Å²) < 4.78 is 1.86. The Balaban J connectivity index is 1.81. The van der Waals surface area contributed by atoms with Gasteiger partial charge in [-0.15, -0.1) is 0 Å². The van der Waals surface area contributed by atoms with Gasteiger partial charge in [0.05, 0.1) is 5.69 Å². The van der Waals surface area contributed by atoms with E-state index in [4.69, 9.17) is 0 Å². The van der Waals surface area contributed by atoms with Crippen LogP contribution in [0.25, 0.3) is 5.65 Å². The number of aryl methyl sites for hydroxylation is 1. The highest BCUT2D eigenvalue weighted by Gasteiger charge is 2.09. The molecule has 0 aliphatic carbocycles. The lowest BCUT2D eigenvalue weighted by Crippen LogP contribution is -2.13. The fourth-order valence-electron chi connectivity index (χ4n) is 2.33. The van der Waals surface area contributed by atoms with E-state index in [-0.39, 0.29) is 11.8 Å². The van der Waals surface area contributed by atoms with Gasteiger partial charge in [0.25, 0.3) is 5.91 Å². The Morgan fingerprint density at radius 1 is 1.09 bits per heavy atom. The molecule has 2 heterocycles. The zero-order valence-electron chi connectivity index (χ0n) is 12.8. The number of nitrogens with one attached hydrogen (secondary N) is 2. The van der Waals surface area contributed by atoms with Crippen LogP contribution in [-0.4, -0.2) is 21.2 Å². The van der Waals surface area contributed by atoms with E-state index in [9.17, 15) is 9.59 Å². The maximum absolute atomic E-state index is 12.4. The molecule has 0 atom stereocenters. The monoisotopic (exact) mass is 308 g/mol. The Hall–Kier alpha value is -3.15. The molecule has 3 rings (SSSR count). The van der Waals surface area contributed by atoms with E-state index >= 15 is 0 Å². The van der Waals surface area contributed by atoms with Crippen LogP contribution in [0.4, 0.5) is 11.4 Å². The van der Waals surface area contributed by atoms with Gasteiger partial charge in [0.2, 0.25) is 5.91 Å². The second kappa shape index (κ2) is 5.92. The van der Waals surface area contributed by atoms with E-state index in [1.807, 2.05) is 17.5 Å². The highest BCUT2D eigenvalue weighted by atomic mass is 16.2. The van der Waals surface area contributed by atoms with Gasteiger partial charge in [-0.25, -0.2) is 4.98 Å². The van der Waals surface area contributed by atoms with Gasteiger partial charge in [-0.3, -0.25) is 9.59 Å². The standard InChI is InChI=1S/C17H16N4O2/c1-11-10-21-7-6-13(8-16(21)18-11)17(23)20-15-5-3-4-14(9-15)19-12(2)22/h3-10H,1-2H3,(H,19,22)(H,20,23).